The quantitative estimate of drug-likeness (QED) is 0.691. The Morgan fingerprint density at radius 1 is 1.25 bits per heavy atom. The second kappa shape index (κ2) is 8.19. The molecule has 4 rings (SSSR count). The van der Waals surface area contributed by atoms with Crippen LogP contribution in [0.3, 0.4) is 0 Å². The highest BCUT2D eigenvalue weighted by molar-refractivity contribution is 5.92. The molecule has 148 valence electrons. The molecule has 0 radical (unpaired) electrons. The highest BCUT2D eigenvalue weighted by Crippen LogP contribution is 2.18. The van der Waals surface area contributed by atoms with Gasteiger partial charge in [0.1, 0.15) is 11.5 Å². The smallest absolute Gasteiger partial charge is 0.269 e. The van der Waals surface area contributed by atoms with Gasteiger partial charge >= 0.3 is 0 Å². The summed E-state index contributed by atoms with van der Waals surface area (Å²) in [6.07, 6.45) is 5.57. The van der Waals surface area contributed by atoms with Gasteiger partial charge in [-0.05, 0) is 41.5 Å². The van der Waals surface area contributed by atoms with Crippen LogP contribution in [-0.4, -0.2) is 45.0 Å². The lowest BCUT2D eigenvalue weighted by atomic mass is 10.1. The van der Waals surface area contributed by atoms with Gasteiger partial charge in [-0.1, -0.05) is 19.9 Å². The molecule has 0 saturated heterocycles. The fourth-order valence-electron chi connectivity index (χ4n) is 3.84. The summed E-state index contributed by atoms with van der Waals surface area (Å²) in [5, 5.41) is 4.29. The maximum absolute atomic E-state index is 12.6. The molecule has 0 spiro atoms. The third-order valence-electron chi connectivity index (χ3n) is 5.49. The Kier molecular flexibility index (Phi) is 5.48. The van der Waals surface area contributed by atoms with Gasteiger partial charge in [0.05, 0.1) is 6.20 Å². The van der Waals surface area contributed by atoms with E-state index in [4.69, 9.17) is 0 Å². The average molecular weight is 380 g/mol. The van der Waals surface area contributed by atoms with E-state index >= 15 is 0 Å². The maximum Gasteiger partial charge on any atom is 0.269 e. The minimum absolute atomic E-state index is 0.00856. The number of hydrogen-bond donors (Lipinski definition) is 2. The zero-order valence-corrected chi connectivity index (χ0v) is 16.7. The van der Waals surface area contributed by atoms with Crippen molar-refractivity contribution in [2.24, 2.45) is 5.92 Å². The minimum atomic E-state index is -0.00856. The van der Waals surface area contributed by atoms with Crippen LogP contribution in [0, 0.1) is 5.92 Å². The van der Waals surface area contributed by atoms with E-state index in [1.54, 1.807) is 6.20 Å². The zero-order valence-electron chi connectivity index (χ0n) is 16.7. The molecule has 28 heavy (non-hydrogen) atoms. The first-order valence-corrected chi connectivity index (χ1v) is 10.2. The maximum atomic E-state index is 12.6. The fraction of sp³-hybridized carbons (Fsp3) is 0.455. The number of imidazole rings is 1. The van der Waals surface area contributed by atoms with Crippen LogP contribution in [0.5, 0.6) is 0 Å². The number of nitrogens with one attached hydrogen (secondary N) is 2. The van der Waals surface area contributed by atoms with E-state index in [0.29, 0.717) is 18.2 Å². The van der Waals surface area contributed by atoms with Crippen LogP contribution in [0.15, 0.2) is 36.7 Å². The topological polar surface area (TPSA) is 66.0 Å². The highest BCUT2D eigenvalue weighted by Gasteiger charge is 2.21. The Balaban J connectivity index is 1.39. The lowest BCUT2D eigenvalue weighted by molar-refractivity contribution is 0.0942. The molecule has 0 aliphatic carbocycles. The first kappa shape index (κ1) is 18.7. The number of hydrogen-bond acceptors (Lipinski definition) is 3. The zero-order chi connectivity index (χ0) is 19.5. The molecule has 3 heterocycles. The number of benzene rings is 1. The van der Waals surface area contributed by atoms with Crippen LogP contribution in [-0.2, 0) is 19.5 Å². The number of carbonyl (C=O) groups excluding carboxylic acids is 1. The van der Waals surface area contributed by atoms with Gasteiger partial charge in [0.25, 0.3) is 5.91 Å². The number of aromatic amines is 1. The van der Waals surface area contributed by atoms with E-state index in [1.807, 2.05) is 6.20 Å². The molecule has 1 aromatic carbocycles. The molecular weight excluding hydrogens is 350 g/mol. The summed E-state index contributed by atoms with van der Waals surface area (Å²) >= 11 is 0. The van der Waals surface area contributed by atoms with E-state index in [2.05, 4.69) is 62.9 Å². The van der Waals surface area contributed by atoms with Gasteiger partial charge < -0.3 is 14.9 Å². The lowest BCUT2D eigenvalue weighted by Crippen LogP contribution is -2.29. The molecule has 2 aromatic heterocycles. The van der Waals surface area contributed by atoms with Crippen LogP contribution in [0.25, 0.3) is 10.9 Å². The normalized spacial score (nSPS) is 15.0. The van der Waals surface area contributed by atoms with Crippen molar-refractivity contribution >= 4 is 16.8 Å². The summed E-state index contributed by atoms with van der Waals surface area (Å²) in [6.45, 7) is 8.64. The summed E-state index contributed by atoms with van der Waals surface area (Å²) < 4.78 is 2.10. The van der Waals surface area contributed by atoms with Gasteiger partial charge in [-0.15, -0.1) is 0 Å². The minimum Gasteiger partial charge on any atom is -0.361 e. The summed E-state index contributed by atoms with van der Waals surface area (Å²) in [4.78, 5) is 22.8. The van der Waals surface area contributed by atoms with Crippen molar-refractivity contribution in [2.45, 2.75) is 39.8 Å². The Labute approximate surface area is 165 Å². The third kappa shape index (κ3) is 4.12. The van der Waals surface area contributed by atoms with E-state index in [0.717, 1.165) is 44.8 Å². The van der Waals surface area contributed by atoms with Crippen LogP contribution in [0.4, 0.5) is 0 Å². The summed E-state index contributed by atoms with van der Waals surface area (Å²) in [5.41, 5.74) is 3.18. The molecule has 3 aromatic rings. The van der Waals surface area contributed by atoms with Crippen molar-refractivity contribution in [1.29, 1.82) is 0 Å². The molecule has 0 saturated carbocycles. The molecule has 6 heteroatoms. The number of carbonyl (C=O) groups is 1. The molecule has 0 fully saturated rings. The van der Waals surface area contributed by atoms with Crippen molar-refractivity contribution in [3.63, 3.8) is 0 Å². The first-order chi connectivity index (χ1) is 13.6. The van der Waals surface area contributed by atoms with Crippen LogP contribution in [0.1, 0.15) is 42.1 Å². The molecule has 6 nitrogen and oxygen atoms in total. The van der Waals surface area contributed by atoms with Crippen molar-refractivity contribution in [2.75, 3.05) is 19.6 Å². The predicted octanol–water partition coefficient (Wildman–Crippen LogP) is 3.20. The SMILES string of the molecule is CC(C)CCNC(=O)c1cnc2n1CCN(Cc1ccc3[nH]ccc3c1)CC2. The number of H-pyrrole nitrogens is 1. The molecule has 2 N–H and O–H groups in total. The number of amides is 1. The predicted molar refractivity (Wildman–Crippen MR) is 111 cm³/mol. The number of rotatable bonds is 6. The Hall–Kier alpha value is -2.60. The monoisotopic (exact) mass is 379 g/mol. The Morgan fingerprint density at radius 2 is 2.14 bits per heavy atom. The lowest BCUT2D eigenvalue weighted by Gasteiger charge is -2.19. The second-order valence-electron chi connectivity index (χ2n) is 8.08. The molecule has 1 aliphatic rings. The fourth-order valence-corrected chi connectivity index (χ4v) is 3.84. The molecule has 1 amide bonds. The summed E-state index contributed by atoms with van der Waals surface area (Å²) in [7, 11) is 0. The van der Waals surface area contributed by atoms with Gasteiger partial charge in [0.15, 0.2) is 0 Å². The van der Waals surface area contributed by atoms with E-state index < -0.39 is 0 Å². The van der Waals surface area contributed by atoms with Crippen LogP contribution in [0.2, 0.25) is 0 Å². The number of aromatic nitrogens is 3. The Morgan fingerprint density at radius 3 is 3.00 bits per heavy atom. The molecular formula is C22H29N5O. The van der Waals surface area contributed by atoms with Crippen LogP contribution < -0.4 is 5.32 Å². The number of nitrogens with zero attached hydrogens (tertiary/aromatic N) is 3. The standard InChI is InChI=1S/C22H29N5O/c1-16(2)5-8-24-22(28)20-14-25-21-7-10-26(11-12-27(20)21)15-17-3-4-19-18(13-17)6-9-23-19/h3-4,6,9,13-14,16,23H,5,7-8,10-12,15H2,1-2H3,(H,24,28). The number of fused-ring (bicyclic) bond motifs is 2. The van der Waals surface area contributed by atoms with Gasteiger partial charge in [-0.3, -0.25) is 9.69 Å². The molecule has 0 bridgehead atoms. The van der Waals surface area contributed by atoms with Gasteiger partial charge in [0, 0.05) is 50.9 Å². The van der Waals surface area contributed by atoms with Crippen LogP contribution >= 0.6 is 0 Å². The van der Waals surface area contributed by atoms with Crippen molar-refractivity contribution in [1.82, 2.24) is 24.8 Å². The molecule has 0 atom stereocenters. The van der Waals surface area contributed by atoms with Crippen molar-refractivity contribution in [3.8, 4) is 0 Å². The van der Waals surface area contributed by atoms with Gasteiger partial charge in [0.2, 0.25) is 0 Å². The van der Waals surface area contributed by atoms with E-state index in [9.17, 15) is 4.79 Å². The second-order valence-corrected chi connectivity index (χ2v) is 8.08. The van der Waals surface area contributed by atoms with Gasteiger partial charge in [-0.25, -0.2) is 4.98 Å². The highest BCUT2D eigenvalue weighted by atomic mass is 16.1. The first-order valence-electron chi connectivity index (χ1n) is 10.2. The average Bonchev–Trinajstić information content (AvgIpc) is 3.25. The molecule has 1 aliphatic heterocycles. The van der Waals surface area contributed by atoms with E-state index in [-0.39, 0.29) is 5.91 Å². The van der Waals surface area contributed by atoms with Crippen molar-refractivity contribution < 1.29 is 4.79 Å². The summed E-state index contributed by atoms with van der Waals surface area (Å²) in [5.74, 6) is 1.59. The van der Waals surface area contributed by atoms with Crippen molar-refractivity contribution in [3.05, 3.63) is 53.7 Å². The Bertz CT molecular complexity index is 955. The van der Waals surface area contributed by atoms with E-state index in [1.165, 1.54) is 16.5 Å². The summed E-state index contributed by atoms with van der Waals surface area (Å²) in [6, 6.07) is 8.70. The molecule has 0 unspecified atom stereocenters. The largest absolute Gasteiger partial charge is 0.361 e. The third-order valence-corrected chi connectivity index (χ3v) is 5.49. The van der Waals surface area contributed by atoms with Gasteiger partial charge in [-0.2, -0.15) is 0 Å².